The molecule has 0 saturated carbocycles. The molecule has 6 nitrogen and oxygen atoms in total. The van der Waals surface area contributed by atoms with Crippen molar-refractivity contribution in [3.05, 3.63) is 57.4 Å². The average Bonchev–Trinajstić information content (AvgIpc) is 2.49. The molecule has 8 heteroatoms. The third-order valence-corrected chi connectivity index (χ3v) is 4.16. The van der Waals surface area contributed by atoms with E-state index in [9.17, 15) is 10.1 Å². The number of nitro groups is 1. The molecule has 0 amide bonds. The Labute approximate surface area is 131 Å². The van der Waals surface area contributed by atoms with Crippen molar-refractivity contribution in [3.63, 3.8) is 0 Å². The average molecular weight is 363 g/mol. The molecule has 0 N–H and O–H groups in total. The van der Waals surface area contributed by atoms with Gasteiger partial charge in [-0.25, -0.2) is 15.0 Å². The predicted molar refractivity (Wildman–Crippen MR) is 82.3 cm³/mol. The maximum absolute atomic E-state index is 11.1. The quantitative estimate of drug-likeness (QED) is 0.399. The topological polar surface area (TPSA) is 81.8 Å². The van der Waals surface area contributed by atoms with Gasteiger partial charge in [0.1, 0.15) is 11.4 Å². The number of halogens is 1. The Morgan fingerprint density at radius 1 is 1.14 bits per heavy atom. The van der Waals surface area contributed by atoms with Crippen molar-refractivity contribution >= 4 is 44.3 Å². The lowest BCUT2D eigenvalue weighted by molar-refractivity contribution is -0.388. The molecule has 2 aromatic heterocycles. The molecule has 0 fully saturated rings. The van der Waals surface area contributed by atoms with Crippen molar-refractivity contribution in [2.45, 2.75) is 10.1 Å². The lowest BCUT2D eigenvalue weighted by atomic mass is 10.2. The number of hydrogen-bond acceptors (Lipinski definition) is 6. The normalized spacial score (nSPS) is 10.7. The van der Waals surface area contributed by atoms with E-state index in [1.54, 1.807) is 0 Å². The first-order valence-electron chi connectivity index (χ1n) is 5.82. The number of fused-ring (bicyclic) bond motifs is 1. The van der Waals surface area contributed by atoms with E-state index in [0.29, 0.717) is 14.5 Å². The Morgan fingerprint density at radius 2 is 1.95 bits per heavy atom. The molecule has 0 saturated heterocycles. The van der Waals surface area contributed by atoms with Gasteiger partial charge in [-0.15, -0.1) is 0 Å². The van der Waals surface area contributed by atoms with Gasteiger partial charge in [0.15, 0.2) is 5.03 Å². The van der Waals surface area contributed by atoms with Crippen LogP contribution in [0.15, 0.2) is 57.4 Å². The Bertz CT molecular complexity index is 838. The molecule has 0 radical (unpaired) electrons. The maximum atomic E-state index is 11.1. The summed E-state index contributed by atoms with van der Waals surface area (Å²) in [5.74, 6) is 0. The minimum atomic E-state index is -0.455. The molecule has 0 atom stereocenters. The summed E-state index contributed by atoms with van der Waals surface area (Å²) in [6, 6.07) is 8.93. The van der Waals surface area contributed by atoms with E-state index in [4.69, 9.17) is 0 Å². The standard InChI is InChI=1S/C13H7BrN4O2S/c14-8-5-11(18(19)20)13(15-6-8)21-12-9-3-1-2-4-10(9)16-7-17-12/h1-7H. The van der Waals surface area contributed by atoms with Crippen LogP contribution < -0.4 is 0 Å². The molecule has 104 valence electrons. The number of aromatic nitrogens is 3. The van der Waals surface area contributed by atoms with Crippen molar-refractivity contribution < 1.29 is 4.92 Å². The second-order valence-electron chi connectivity index (χ2n) is 4.03. The number of para-hydroxylation sites is 1. The summed E-state index contributed by atoms with van der Waals surface area (Å²) in [4.78, 5) is 23.2. The van der Waals surface area contributed by atoms with Crippen molar-refractivity contribution in [1.82, 2.24) is 15.0 Å². The summed E-state index contributed by atoms with van der Waals surface area (Å²) < 4.78 is 0.561. The molecule has 0 aliphatic rings. The Balaban J connectivity index is 2.09. The Kier molecular flexibility index (Phi) is 3.80. The van der Waals surface area contributed by atoms with Crippen molar-refractivity contribution in [1.29, 1.82) is 0 Å². The van der Waals surface area contributed by atoms with E-state index < -0.39 is 4.92 Å². The summed E-state index contributed by atoms with van der Waals surface area (Å²) in [6.07, 6.45) is 2.97. The highest BCUT2D eigenvalue weighted by molar-refractivity contribution is 9.10. The summed E-state index contributed by atoms with van der Waals surface area (Å²) >= 11 is 4.34. The molecule has 0 spiro atoms. The van der Waals surface area contributed by atoms with Gasteiger partial charge >= 0.3 is 5.69 Å². The first kappa shape index (κ1) is 13.9. The monoisotopic (exact) mass is 362 g/mol. The Hall–Kier alpha value is -2.06. The minimum Gasteiger partial charge on any atom is -0.258 e. The highest BCUT2D eigenvalue weighted by Crippen LogP contribution is 2.35. The zero-order chi connectivity index (χ0) is 14.8. The lowest BCUT2D eigenvalue weighted by Crippen LogP contribution is -1.94. The molecular weight excluding hydrogens is 356 g/mol. The van der Waals surface area contributed by atoms with Crippen LogP contribution in [0.1, 0.15) is 0 Å². The first-order chi connectivity index (χ1) is 10.1. The van der Waals surface area contributed by atoms with Crippen LogP contribution in [-0.4, -0.2) is 19.9 Å². The molecule has 0 unspecified atom stereocenters. The lowest BCUT2D eigenvalue weighted by Gasteiger charge is -2.04. The SMILES string of the molecule is O=[N+]([O-])c1cc(Br)cnc1Sc1ncnc2ccccc12. The maximum Gasteiger partial charge on any atom is 0.302 e. The minimum absolute atomic E-state index is 0.0583. The van der Waals surface area contributed by atoms with E-state index >= 15 is 0 Å². The zero-order valence-corrected chi connectivity index (χ0v) is 12.8. The molecule has 21 heavy (non-hydrogen) atoms. The van der Waals surface area contributed by atoms with Gasteiger partial charge in [-0.2, -0.15) is 0 Å². The van der Waals surface area contributed by atoms with Gasteiger partial charge in [0.05, 0.1) is 10.4 Å². The van der Waals surface area contributed by atoms with Gasteiger partial charge in [-0.05, 0) is 33.8 Å². The first-order valence-corrected chi connectivity index (χ1v) is 7.43. The van der Waals surface area contributed by atoms with Crippen molar-refractivity contribution in [2.75, 3.05) is 0 Å². The van der Waals surface area contributed by atoms with Crippen molar-refractivity contribution in [3.8, 4) is 0 Å². The van der Waals surface area contributed by atoms with E-state index in [0.717, 1.165) is 22.7 Å². The van der Waals surface area contributed by atoms with Gasteiger partial charge in [0.25, 0.3) is 0 Å². The van der Waals surface area contributed by atoms with Gasteiger partial charge in [-0.3, -0.25) is 10.1 Å². The molecule has 0 aliphatic heterocycles. The van der Waals surface area contributed by atoms with Crippen LogP contribution in [0, 0.1) is 10.1 Å². The molecule has 3 rings (SSSR count). The molecular formula is C13H7BrN4O2S. The number of nitrogens with zero attached hydrogens (tertiary/aromatic N) is 4. The third-order valence-electron chi connectivity index (χ3n) is 2.70. The number of rotatable bonds is 3. The summed E-state index contributed by atoms with van der Waals surface area (Å²) in [6.45, 7) is 0. The molecule has 2 heterocycles. The molecule has 1 aromatic carbocycles. The van der Waals surface area contributed by atoms with E-state index in [2.05, 4.69) is 30.9 Å². The van der Waals surface area contributed by atoms with Crippen LogP contribution >= 0.6 is 27.7 Å². The Morgan fingerprint density at radius 3 is 2.76 bits per heavy atom. The predicted octanol–water partition coefficient (Wildman–Crippen LogP) is 3.85. The van der Waals surface area contributed by atoms with Gasteiger partial charge in [0.2, 0.25) is 0 Å². The van der Waals surface area contributed by atoms with Gasteiger partial charge in [0, 0.05) is 22.1 Å². The number of pyridine rings is 1. The van der Waals surface area contributed by atoms with E-state index in [1.165, 1.54) is 18.6 Å². The third kappa shape index (κ3) is 2.86. The van der Waals surface area contributed by atoms with E-state index in [1.807, 2.05) is 24.3 Å². The molecule has 3 aromatic rings. The van der Waals surface area contributed by atoms with Crippen LogP contribution in [0.3, 0.4) is 0 Å². The summed E-state index contributed by atoms with van der Waals surface area (Å²) in [5, 5.41) is 12.9. The summed E-state index contributed by atoms with van der Waals surface area (Å²) in [7, 11) is 0. The fourth-order valence-electron chi connectivity index (χ4n) is 1.78. The van der Waals surface area contributed by atoms with Crippen molar-refractivity contribution in [2.24, 2.45) is 0 Å². The van der Waals surface area contributed by atoms with Crippen LogP contribution in [-0.2, 0) is 0 Å². The fourth-order valence-corrected chi connectivity index (χ4v) is 3.01. The highest BCUT2D eigenvalue weighted by Gasteiger charge is 2.18. The van der Waals surface area contributed by atoms with Crippen LogP contribution in [0.25, 0.3) is 10.9 Å². The smallest absolute Gasteiger partial charge is 0.258 e. The molecule has 0 aliphatic carbocycles. The van der Waals surface area contributed by atoms with Crippen LogP contribution in [0.4, 0.5) is 5.69 Å². The van der Waals surface area contributed by atoms with Crippen LogP contribution in [0.5, 0.6) is 0 Å². The van der Waals surface area contributed by atoms with E-state index in [-0.39, 0.29) is 5.69 Å². The number of hydrogen-bond donors (Lipinski definition) is 0. The fraction of sp³-hybridized carbons (Fsp3) is 0. The van der Waals surface area contributed by atoms with Gasteiger partial charge < -0.3 is 0 Å². The highest BCUT2D eigenvalue weighted by atomic mass is 79.9. The second-order valence-corrected chi connectivity index (χ2v) is 5.93. The second kappa shape index (κ2) is 5.74. The summed E-state index contributed by atoms with van der Waals surface area (Å²) in [5.41, 5.74) is 0.729. The van der Waals surface area contributed by atoms with Gasteiger partial charge in [-0.1, -0.05) is 18.2 Å². The largest absolute Gasteiger partial charge is 0.302 e. The zero-order valence-electron chi connectivity index (χ0n) is 10.4. The molecule has 0 bridgehead atoms. The number of benzene rings is 1. The van der Waals surface area contributed by atoms with Crippen LogP contribution in [0.2, 0.25) is 0 Å².